The number of unbranched alkanes of at least 4 members (excludes halogenated alkanes) is 24. The standard InChI is InChI=1S/C36H70O4/c1-3-5-7-9-11-13-15-16-17-19-20-22-24-26-30-34(31-28-29-32-35(37)38)40-36(39)33-27-25-23-21-18-14-12-10-8-6-4-2/h34H,3-33H2,1-2H3,(H,37,38). The van der Waals surface area contributed by atoms with E-state index in [0.717, 1.165) is 38.5 Å². The molecule has 4 heteroatoms. The molecule has 1 atom stereocenters. The number of esters is 1. The van der Waals surface area contributed by atoms with Gasteiger partial charge in [0.1, 0.15) is 6.10 Å². The van der Waals surface area contributed by atoms with Crippen molar-refractivity contribution < 1.29 is 19.4 Å². The second kappa shape index (κ2) is 32.5. The van der Waals surface area contributed by atoms with E-state index in [1.807, 2.05) is 0 Å². The maximum Gasteiger partial charge on any atom is 0.306 e. The molecule has 0 bridgehead atoms. The lowest BCUT2D eigenvalue weighted by atomic mass is 10.0. The molecule has 0 spiro atoms. The molecule has 40 heavy (non-hydrogen) atoms. The Morgan fingerprint density at radius 1 is 0.450 bits per heavy atom. The van der Waals surface area contributed by atoms with Crippen LogP contribution in [0.25, 0.3) is 0 Å². The third kappa shape index (κ3) is 31.5. The smallest absolute Gasteiger partial charge is 0.306 e. The Balaban J connectivity index is 3.88. The fraction of sp³-hybridized carbons (Fsp3) is 0.944. The first-order valence-electron chi connectivity index (χ1n) is 18.0. The van der Waals surface area contributed by atoms with Crippen molar-refractivity contribution in [2.24, 2.45) is 0 Å². The molecular weight excluding hydrogens is 496 g/mol. The summed E-state index contributed by atoms with van der Waals surface area (Å²) in [4.78, 5) is 23.3. The van der Waals surface area contributed by atoms with Gasteiger partial charge in [0.2, 0.25) is 0 Å². The number of ether oxygens (including phenoxy) is 1. The van der Waals surface area contributed by atoms with Gasteiger partial charge in [-0.25, -0.2) is 0 Å². The van der Waals surface area contributed by atoms with Crippen LogP contribution in [0.5, 0.6) is 0 Å². The summed E-state index contributed by atoms with van der Waals surface area (Å²) < 4.78 is 5.88. The number of carboxylic acid groups (broad SMARTS) is 1. The molecule has 0 aromatic carbocycles. The Hall–Kier alpha value is -1.06. The number of carboxylic acids is 1. The van der Waals surface area contributed by atoms with E-state index >= 15 is 0 Å². The number of aliphatic carboxylic acids is 1. The number of hydrogen-bond acceptors (Lipinski definition) is 3. The van der Waals surface area contributed by atoms with E-state index in [4.69, 9.17) is 9.84 Å². The summed E-state index contributed by atoms with van der Waals surface area (Å²) in [5.74, 6) is -0.790. The van der Waals surface area contributed by atoms with Crippen molar-refractivity contribution in [3.63, 3.8) is 0 Å². The number of carbonyl (C=O) groups excluding carboxylic acids is 1. The maximum atomic E-state index is 12.5. The first kappa shape index (κ1) is 38.9. The van der Waals surface area contributed by atoms with Gasteiger partial charge < -0.3 is 9.84 Å². The highest BCUT2D eigenvalue weighted by molar-refractivity contribution is 5.69. The highest BCUT2D eigenvalue weighted by Gasteiger charge is 2.14. The monoisotopic (exact) mass is 567 g/mol. The minimum absolute atomic E-state index is 0.0358. The van der Waals surface area contributed by atoms with Gasteiger partial charge in [-0.15, -0.1) is 0 Å². The predicted octanol–water partition coefficient (Wildman–Crippen LogP) is 12.1. The van der Waals surface area contributed by atoms with Gasteiger partial charge in [-0.1, -0.05) is 162 Å². The van der Waals surface area contributed by atoms with E-state index in [1.165, 1.54) is 141 Å². The van der Waals surface area contributed by atoms with Crippen molar-refractivity contribution in [1.82, 2.24) is 0 Å². The van der Waals surface area contributed by atoms with Crippen molar-refractivity contribution in [1.29, 1.82) is 0 Å². The summed E-state index contributed by atoms with van der Waals surface area (Å²) in [7, 11) is 0. The molecule has 1 N–H and O–H groups in total. The zero-order valence-corrected chi connectivity index (χ0v) is 27.2. The summed E-state index contributed by atoms with van der Waals surface area (Å²) >= 11 is 0. The van der Waals surface area contributed by atoms with Crippen LogP contribution in [0.3, 0.4) is 0 Å². The second-order valence-electron chi connectivity index (χ2n) is 12.4. The van der Waals surface area contributed by atoms with Gasteiger partial charge in [0, 0.05) is 12.8 Å². The van der Waals surface area contributed by atoms with Gasteiger partial charge in [-0.2, -0.15) is 0 Å². The molecule has 0 aromatic rings. The number of hydrogen-bond donors (Lipinski definition) is 1. The van der Waals surface area contributed by atoms with Crippen LogP contribution >= 0.6 is 0 Å². The Morgan fingerprint density at radius 3 is 1.12 bits per heavy atom. The molecule has 0 aliphatic carbocycles. The summed E-state index contributed by atoms with van der Waals surface area (Å²) in [6, 6.07) is 0. The minimum Gasteiger partial charge on any atom is -0.481 e. The van der Waals surface area contributed by atoms with Crippen LogP contribution in [0.4, 0.5) is 0 Å². The summed E-state index contributed by atoms with van der Waals surface area (Å²) in [6.07, 6.45) is 36.8. The number of carbonyl (C=O) groups is 2. The number of rotatable bonds is 33. The molecule has 0 amide bonds. The summed E-state index contributed by atoms with van der Waals surface area (Å²) in [5.41, 5.74) is 0. The first-order valence-corrected chi connectivity index (χ1v) is 18.0. The minimum atomic E-state index is -0.739. The molecule has 4 nitrogen and oxygen atoms in total. The normalized spacial score (nSPS) is 12.1. The lowest BCUT2D eigenvalue weighted by Crippen LogP contribution is -2.18. The van der Waals surface area contributed by atoms with Gasteiger partial charge in [-0.05, 0) is 38.5 Å². The van der Waals surface area contributed by atoms with Crippen LogP contribution in [0, 0.1) is 0 Å². The van der Waals surface area contributed by atoms with Crippen molar-refractivity contribution in [3.8, 4) is 0 Å². The van der Waals surface area contributed by atoms with E-state index in [2.05, 4.69) is 13.8 Å². The fourth-order valence-electron chi connectivity index (χ4n) is 5.66. The quantitative estimate of drug-likeness (QED) is 0.0633. The lowest BCUT2D eigenvalue weighted by molar-refractivity contribution is -0.150. The molecule has 0 radical (unpaired) electrons. The highest BCUT2D eigenvalue weighted by Crippen LogP contribution is 2.18. The molecule has 0 saturated heterocycles. The van der Waals surface area contributed by atoms with E-state index in [9.17, 15) is 9.59 Å². The molecule has 1 unspecified atom stereocenters. The Morgan fingerprint density at radius 2 is 0.750 bits per heavy atom. The second-order valence-corrected chi connectivity index (χ2v) is 12.4. The van der Waals surface area contributed by atoms with Crippen LogP contribution in [0.2, 0.25) is 0 Å². The largest absolute Gasteiger partial charge is 0.481 e. The highest BCUT2D eigenvalue weighted by atomic mass is 16.5. The van der Waals surface area contributed by atoms with Crippen LogP contribution in [-0.4, -0.2) is 23.1 Å². The van der Waals surface area contributed by atoms with Gasteiger partial charge in [0.05, 0.1) is 0 Å². The zero-order chi connectivity index (χ0) is 29.4. The van der Waals surface area contributed by atoms with Gasteiger partial charge in [0.25, 0.3) is 0 Å². The third-order valence-electron chi connectivity index (χ3n) is 8.33. The van der Waals surface area contributed by atoms with Gasteiger partial charge >= 0.3 is 11.9 Å². The van der Waals surface area contributed by atoms with Gasteiger partial charge in [-0.3, -0.25) is 9.59 Å². The molecule has 238 valence electrons. The SMILES string of the molecule is CCCCCCCCCCCCCCCCC(CCCCC(=O)O)OC(=O)CCCCCCCCCCCCC. The fourth-order valence-corrected chi connectivity index (χ4v) is 5.66. The van der Waals surface area contributed by atoms with Crippen molar-refractivity contribution in [2.75, 3.05) is 0 Å². The Bertz CT molecular complexity index is 533. The summed E-state index contributed by atoms with van der Waals surface area (Å²) in [5, 5.41) is 8.92. The molecular formula is C36H70O4. The summed E-state index contributed by atoms with van der Waals surface area (Å²) in [6.45, 7) is 4.54. The molecule has 0 aromatic heterocycles. The predicted molar refractivity (Wildman–Crippen MR) is 172 cm³/mol. The first-order chi connectivity index (χ1) is 19.6. The average molecular weight is 567 g/mol. The molecule has 0 saturated carbocycles. The van der Waals surface area contributed by atoms with Crippen LogP contribution in [0.15, 0.2) is 0 Å². The van der Waals surface area contributed by atoms with Gasteiger partial charge in [0.15, 0.2) is 0 Å². The Kier molecular flexibility index (Phi) is 31.6. The molecule has 0 heterocycles. The topological polar surface area (TPSA) is 63.6 Å². The van der Waals surface area contributed by atoms with Crippen molar-refractivity contribution in [3.05, 3.63) is 0 Å². The van der Waals surface area contributed by atoms with E-state index < -0.39 is 5.97 Å². The van der Waals surface area contributed by atoms with Crippen molar-refractivity contribution >= 4 is 11.9 Å². The molecule has 0 rings (SSSR count). The zero-order valence-electron chi connectivity index (χ0n) is 27.2. The lowest BCUT2D eigenvalue weighted by Gasteiger charge is -2.18. The third-order valence-corrected chi connectivity index (χ3v) is 8.33. The maximum absolute atomic E-state index is 12.5. The van der Waals surface area contributed by atoms with Crippen molar-refractivity contribution in [2.45, 2.75) is 219 Å². The van der Waals surface area contributed by atoms with E-state index in [0.29, 0.717) is 12.8 Å². The Labute approximate surface area is 250 Å². The molecule has 0 aliphatic heterocycles. The van der Waals surface area contributed by atoms with E-state index in [1.54, 1.807) is 0 Å². The van der Waals surface area contributed by atoms with Crippen LogP contribution < -0.4 is 0 Å². The molecule has 0 aliphatic rings. The average Bonchev–Trinajstić information content (AvgIpc) is 2.93. The van der Waals surface area contributed by atoms with E-state index in [-0.39, 0.29) is 18.5 Å². The molecule has 0 fully saturated rings. The van der Waals surface area contributed by atoms with Crippen LogP contribution in [-0.2, 0) is 14.3 Å². The van der Waals surface area contributed by atoms with Crippen LogP contribution in [0.1, 0.15) is 213 Å².